The molecule has 0 aliphatic rings. The average molecular weight is 360 g/mol. The number of ether oxygens (including phenoxy) is 1. The van der Waals surface area contributed by atoms with Crippen molar-refractivity contribution in [2.45, 2.75) is 90.6 Å². The second-order valence-corrected chi connectivity index (χ2v) is 7.45. The molecule has 0 rings (SSSR count). The van der Waals surface area contributed by atoms with Crippen LogP contribution in [0, 0.1) is 0 Å². The van der Waals surface area contributed by atoms with Gasteiger partial charge < -0.3 is 4.74 Å². The van der Waals surface area contributed by atoms with E-state index in [4.69, 9.17) is 9.29 Å². The van der Waals surface area contributed by atoms with Gasteiger partial charge in [0.2, 0.25) is 0 Å². The van der Waals surface area contributed by atoms with Crippen LogP contribution in [0.15, 0.2) is 0 Å². The quantitative estimate of drug-likeness (QED) is 0.222. The van der Waals surface area contributed by atoms with Crippen LogP contribution in [0.25, 0.3) is 0 Å². The Labute approximate surface area is 164 Å². The topological polar surface area (TPSA) is 80.7 Å². The number of rotatable bonds is 14. The molecule has 23 heavy (non-hydrogen) atoms. The van der Waals surface area contributed by atoms with Gasteiger partial charge in [-0.05, 0) is 12.8 Å². The molecule has 1 atom stereocenters. The zero-order valence-corrected chi connectivity index (χ0v) is 14.9. The molecule has 0 saturated heterocycles. The molecule has 5 nitrogen and oxygen atoms in total. The Bertz CT molecular complexity index is 384. The van der Waals surface area contributed by atoms with Gasteiger partial charge in [0.15, 0.2) is 0 Å². The van der Waals surface area contributed by atoms with E-state index in [1.165, 1.54) is 51.9 Å². The van der Waals surface area contributed by atoms with Crippen LogP contribution >= 0.6 is 0 Å². The van der Waals surface area contributed by atoms with Crippen molar-refractivity contribution in [1.82, 2.24) is 0 Å². The van der Waals surface area contributed by atoms with Gasteiger partial charge in [-0.2, -0.15) is 8.42 Å². The molecule has 0 spiro atoms. The molecule has 1 unspecified atom stereocenters. The Balaban J connectivity index is 0. The fourth-order valence-electron chi connectivity index (χ4n) is 2.51. The van der Waals surface area contributed by atoms with Crippen LogP contribution in [0.4, 0.5) is 0 Å². The van der Waals surface area contributed by atoms with Crippen LogP contribution in [0.5, 0.6) is 0 Å². The van der Waals surface area contributed by atoms with E-state index in [0.29, 0.717) is 6.42 Å². The second-order valence-electron chi connectivity index (χ2n) is 5.95. The molecular weight excluding hydrogens is 327 g/mol. The summed E-state index contributed by atoms with van der Waals surface area (Å²) >= 11 is 0. The Morgan fingerprint density at radius 1 is 0.957 bits per heavy atom. The average Bonchev–Trinajstić information content (AvgIpc) is 2.38. The third kappa shape index (κ3) is 20.3. The van der Waals surface area contributed by atoms with Gasteiger partial charge >= 0.3 is 35.5 Å². The van der Waals surface area contributed by atoms with Crippen LogP contribution in [-0.2, 0) is 19.6 Å². The first-order chi connectivity index (χ1) is 10.3. The van der Waals surface area contributed by atoms with Gasteiger partial charge in [-0.25, -0.2) is 0 Å². The number of hydrogen-bond donors (Lipinski definition) is 1. The van der Waals surface area contributed by atoms with Gasteiger partial charge in [-0.3, -0.25) is 9.35 Å². The van der Waals surface area contributed by atoms with E-state index in [0.717, 1.165) is 19.3 Å². The Kier molecular flexibility index (Phi) is 17.7. The van der Waals surface area contributed by atoms with Crippen molar-refractivity contribution >= 4 is 45.6 Å². The predicted molar refractivity (Wildman–Crippen MR) is 95.6 cm³/mol. The minimum absolute atomic E-state index is 0. The molecule has 0 radical (unpaired) electrons. The van der Waals surface area contributed by atoms with E-state index < -0.39 is 27.9 Å². The van der Waals surface area contributed by atoms with Crippen molar-refractivity contribution in [3.63, 3.8) is 0 Å². The van der Waals surface area contributed by atoms with Gasteiger partial charge in [0.1, 0.15) is 11.9 Å². The van der Waals surface area contributed by atoms with E-state index >= 15 is 0 Å². The van der Waals surface area contributed by atoms with Gasteiger partial charge in [-0.15, -0.1) is 0 Å². The molecule has 0 heterocycles. The third-order valence-electron chi connectivity index (χ3n) is 3.61. The molecule has 134 valence electrons. The van der Waals surface area contributed by atoms with Crippen LogP contribution in [0.3, 0.4) is 0 Å². The molecule has 7 heteroatoms. The minimum atomic E-state index is -4.11. The van der Waals surface area contributed by atoms with Crippen molar-refractivity contribution in [1.29, 1.82) is 0 Å². The summed E-state index contributed by atoms with van der Waals surface area (Å²) in [6.07, 6.45) is 11.7. The molecule has 0 aromatic carbocycles. The summed E-state index contributed by atoms with van der Waals surface area (Å²) in [6, 6.07) is 0. The number of unbranched alkanes of at least 4 members (excludes halogenated alkanes) is 9. The maximum absolute atomic E-state index is 10.9. The number of hydrogen-bond acceptors (Lipinski definition) is 4. The van der Waals surface area contributed by atoms with E-state index in [1.807, 2.05) is 0 Å². The van der Waals surface area contributed by atoms with Gasteiger partial charge in [0, 0.05) is 6.92 Å². The first kappa shape index (κ1) is 25.6. The first-order valence-corrected chi connectivity index (χ1v) is 10.1. The van der Waals surface area contributed by atoms with Crippen LogP contribution in [0.2, 0.25) is 0 Å². The van der Waals surface area contributed by atoms with Crippen molar-refractivity contribution in [3.8, 4) is 0 Å². The Morgan fingerprint density at radius 3 is 1.78 bits per heavy atom. The molecule has 0 aliphatic carbocycles. The molecule has 0 aliphatic heterocycles. The van der Waals surface area contributed by atoms with E-state index in [1.54, 1.807) is 0 Å². The molecule has 0 bridgehead atoms. The maximum atomic E-state index is 10.9. The standard InChI is InChI=1S/C16H32O5S.Na.H/c1-3-4-5-6-7-8-9-10-11-12-13-16(21-15(2)17)14-22(18,19)20;;/h16H,3-14H2,1-2H3,(H,18,19,20);;. The number of esters is 1. The monoisotopic (exact) mass is 360 g/mol. The van der Waals surface area contributed by atoms with E-state index in [-0.39, 0.29) is 29.6 Å². The summed E-state index contributed by atoms with van der Waals surface area (Å²) < 4.78 is 35.5. The van der Waals surface area contributed by atoms with E-state index in [2.05, 4.69) is 6.92 Å². The van der Waals surface area contributed by atoms with Crippen LogP contribution in [-0.4, -0.2) is 60.4 Å². The van der Waals surface area contributed by atoms with Gasteiger partial charge in [-0.1, -0.05) is 64.7 Å². The zero-order chi connectivity index (χ0) is 16.8. The Morgan fingerprint density at radius 2 is 1.39 bits per heavy atom. The summed E-state index contributed by atoms with van der Waals surface area (Å²) in [7, 11) is -4.11. The second kappa shape index (κ2) is 15.9. The summed E-state index contributed by atoms with van der Waals surface area (Å²) in [5, 5.41) is 0. The SMILES string of the molecule is CCCCCCCCCCCCC(CS(=O)(=O)O)OC(C)=O.[NaH]. The predicted octanol–water partition coefficient (Wildman–Crippen LogP) is 3.47. The molecule has 0 amide bonds. The normalized spacial score (nSPS) is 12.5. The number of carbonyl (C=O) groups excluding carboxylic acids is 1. The summed E-state index contributed by atoms with van der Waals surface area (Å²) in [5.74, 6) is -1.02. The van der Waals surface area contributed by atoms with Crippen LogP contribution < -0.4 is 0 Å². The van der Waals surface area contributed by atoms with Crippen molar-refractivity contribution in [2.75, 3.05) is 5.75 Å². The molecule has 1 N–H and O–H groups in total. The molecule has 0 saturated carbocycles. The zero-order valence-electron chi connectivity index (χ0n) is 14.1. The van der Waals surface area contributed by atoms with Crippen molar-refractivity contribution in [2.24, 2.45) is 0 Å². The van der Waals surface area contributed by atoms with Gasteiger partial charge in [0.25, 0.3) is 10.1 Å². The van der Waals surface area contributed by atoms with Crippen LogP contribution in [0.1, 0.15) is 84.5 Å². The third-order valence-corrected chi connectivity index (χ3v) is 4.40. The molecule has 0 aromatic heterocycles. The fraction of sp³-hybridized carbons (Fsp3) is 0.938. The number of carbonyl (C=O) groups is 1. The summed E-state index contributed by atoms with van der Waals surface area (Å²) in [6.45, 7) is 3.46. The van der Waals surface area contributed by atoms with Gasteiger partial charge in [0.05, 0.1) is 0 Å². The van der Waals surface area contributed by atoms with Crippen molar-refractivity contribution < 1.29 is 22.5 Å². The Hall–Kier alpha value is 0.380. The van der Waals surface area contributed by atoms with E-state index in [9.17, 15) is 13.2 Å². The first-order valence-electron chi connectivity index (χ1n) is 8.47. The molecular formula is C16H33NaO5S. The molecule has 0 aromatic rings. The van der Waals surface area contributed by atoms with Crippen molar-refractivity contribution in [3.05, 3.63) is 0 Å². The summed E-state index contributed by atoms with van der Waals surface area (Å²) in [4.78, 5) is 10.9. The summed E-state index contributed by atoms with van der Waals surface area (Å²) in [5.41, 5.74) is 0. The molecule has 0 fully saturated rings. The fourth-order valence-corrected chi connectivity index (χ4v) is 3.21.